The van der Waals surface area contributed by atoms with Crippen LogP contribution in [0.15, 0.2) is 11.5 Å². The summed E-state index contributed by atoms with van der Waals surface area (Å²) in [5, 5.41) is 10.2. The standard InChI is InChI=1S/C5H6O2S/c6-5(7)4-1-2-8-3-4/h1-2,4H,3H2,(H,6,7). The number of carboxylic acid groups (broad SMARTS) is 1. The van der Waals surface area contributed by atoms with Crippen molar-refractivity contribution >= 4 is 17.7 Å². The molecule has 2 nitrogen and oxygen atoms in total. The molecule has 0 aromatic rings. The van der Waals surface area contributed by atoms with Gasteiger partial charge in [-0.3, -0.25) is 4.79 Å². The lowest BCUT2D eigenvalue weighted by molar-refractivity contribution is -0.139. The number of thioether (sulfide) groups is 1. The molecule has 1 atom stereocenters. The van der Waals surface area contributed by atoms with E-state index in [1.165, 1.54) is 0 Å². The first kappa shape index (κ1) is 5.69. The summed E-state index contributed by atoms with van der Waals surface area (Å²) in [6.45, 7) is 0. The van der Waals surface area contributed by atoms with Gasteiger partial charge in [-0.15, -0.1) is 11.8 Å². The molecular weight excluding hydrogens is 124 g/mol. The first-order valence-corrected chi connectivity index (χ1v) is 3.36. The van der Waals surface area contributed by atoms with Crippen LogP contribution in [0, 0.1) is 5.92 Å². The predicted molar refractivity (Wildman–Crippen MR) is 32.7 cm³/mol. The van der Waals surface area contributed by atoms with Gasteiger partial charge in [-0.25, -0.2) is 0 Å². The molecule has 1 aliphatic rings. The number of hydrogen-bond acceptors (Lipinski definition) is 2. The molecule has 0 radical (unpaired) electrons. The van der Waals surface area contributed by atoms with E-state index in [1.54, 1.807) is 17.8 Å². The maximum absolute atomic E-state index is 10.1. The van der Waals surface area contributed by atoms with Crippen LogP contribution in [0.25, 0.3) is 0 Å². The van der Waals surface area contributed by atoms with Gasteiger partial charge in [-0.2, -0.15) is 0 Å². The van der Waals surface area contributed by atoms with E-state index in [0.29, 0.717) is 5.75 Å². The van der Waals surface area contributed by atoms with Gasteiger partial charge in [0.15, 0.2) is 0 Å². The fourth-order valence-electron chi connectivity index (χ4n) is 0.519. The summed E-state index contributed by atoms with van der Waals surface area (Å²) in [6, 6.07) is 0. The van der Waals surface area contributed by atoms with Crippen molar-refractivity contribution in [2.75, 3.05) is 5.75 Å². The van der Waals surface area contributed by atoms with Crippen molar-refractivity contribution in [1.29, 1.82) is 0 Å². The van der Waals surface area contributed by atoms with Crippen molar-refractivity contribution < 1.29 is 9.90 Å². The van der Waals surface area contributed by atoms with E-state index in [9.17, 15) is 4.79 Å². The van der Waals surface area contributed by atoms with Gasteiger partial charge >= 0.3 is 5.97 Å². The van der Waals surface area contributed by atoms with E-state index >= 15 is 0 Å². The van der Waals surface area contributed by atoms with Gasteiger partial charge < -0.3 is 5.11 Å². The summed E-state index contributed by atoms with van der Waals surface area (Å²) in [6.07, 6.45) is 1.72. The third kappa shape index (κ3) is 1.04. The molecule has 1 unspecified atom stereocenters. The van der Waals surface area contributed by atoms with Gasteiger partial charge in [0.25, 0.3) is 0 Å². The van der Waals surface area contributed by atoms with Crippen molar-refractivity contribution in [2.45, 2.75) is 0 Å². The Kier molecular flexibility index (Phi) is 1.58. The molecule has 0 amide bonds. The number of carboxylic acids is 1. The monoisotopic (exact) mass is 130 g/mol. The largest absolute Gasteiger partial charge is 0.481 e. The topological polar surface area (TPSA) is 37.3 Å². The molecule has 1 rings (SSSR count). The molecule has 0 fully saturated rings. The van der Waals surface area contributed by atoms with Crippen molar-refractivity contribution in [3.63, 3.8) is 0 Å². The Balaban J connectivity index is 2.48. The van der Waals surface area contributed by atoms with Crippen molar-refractivity contribution in [1.82, 2.24) is 0 Å². The fourth-order valence-corrected chi connectivity index (χ4v) is 1.39. The molecule has 0 aromatic carbocycles. The third-order valence-corrected chi connectivity index (χ3v) is 1.90. The normalized spacial score (nSPS) is 26.2. The van der Waals surface area contributed by atoms with Crippen LogP contribution in [-0.4, -0.2) is 16.8 Å². The number of hydrogen-bond donors (Lipinski definition) is 1. The van der Waals surface area contributed by atoms with E-state index in [-0.39, 0.29) is 5.92 Å². The maximum atomic E-state index is 10.1. The molecule has 0 aromatic heterocycles. The quantitative estimate of drug-likeness (QED) is 0.574. The van der Waals surface area contributed by atoms with Crippen LogP contribution in [0.2, 0.25) is 0 Å². The molecule has 1 N–H and O–H groups in total. The van der Waals surface area contributed by atoms with Crippen LogP contribution >= 0.6 is 11.8 Å². The Labute approximate surface area is 51.6 Å². The average molecular weight is 130 g/mol. The lowest BCUT2D eigenvalue weighted by Gasteiger charge is -1.94. The minimum Gasteiger partial charge on any atom is -0.481 e. The highest BCUT2D eigenvalue weighted by atomic mass is 32.2. The van der Waals surface area contributed by atoms with Crippen molar-refractivity contribution in [2.24, 2.45) is 5.92 Å². The number of aliphatic carboxylic acids is 1. The fraction of sp³-hybridized carbons (Fsp3) is 0.400. The highest BCUT2D eigenvalue weighted by Gasteiger charge is 2.16. The molecule has 1 aliphatic heterocycles. The summed E-state index contributed by atoms with van der Waals surface area (Å²) in [4.78, 5) is 10.1. The molecule has 0 spiro atoms. The van der Waals surface area contributed by atoms with Crippen molar-refractivity contribution in [3.8, 4) is 0 Å². The first-order chi connectivity index (χ1) is 3.80. The summed E-state index contributed by atoms with van der Waals surface area (Å²) < 4.78 is 0. The molecular formula is C5H6O2S. The minimum atomic E-state index is -0.716. The minimum absolute atomic E-state index is 0.236. The second kappa shape index (κ2) is 2.22. The Morgan fingerprint density at radius 1 is 1.88 bits per heavy atom. The first-order valence-electron chi connectivity index (χ1n) is 2.32. The summed E-state index contributed by atoms with van der Waals surface area (Å²) in [5.41, 5.74) is 0. The lowest BCUT2D eigenvalue weighted by atomic mass is 10.2. The summed E-state index contributed by atoms with van der Waals surface area (Å²) >= 11 is 1.55. The second-order valence-electron chi connectivity index (χ2n) is 1.61. The van der Waals surface area contributed by atoms with E-state index in [2.05, 4.69) is 0 Å². The lowest BCUT2D eigenvalue weighted by Crippen LogP contribution is -2.09. The molecule has 8 heavy (non-hydrogen) atoms. The SMILES string of the molecule is O=C(O)C1C=CSC1. The third-order valence-electron chi connectivity index (χ3n) is 1.00. The molecule has 0 aliphatic carbocycles. The number of rotatable bonds is 1. The zero-order valence-electron chi connectivity index (χ0n) is 4.20. The Hall–Kier alpha value is -0.440. The average Bonchev–Trinajstić information content (AvgIpc) is 2.12. The van der Waals surface area contributed by atoms with Crippen LogP contribution in [0.5, 0.6) is 0 Å². The highest BCUT2D eigenvalue weighted by molar-refractivity contribution is 8.02. The molecule has 0 saturated carbocycles. The van der Waals surface area contributed by atoms with Gasteiger partial charge in [-0.05, 0) is 5.41 Å². The van der Waals surface area contributed by atoms with Crippen LogP contribution < -0.4 is 0 Å². The highest BCUT2D eigenvalue weighted by Crippen LogP contribution is 2.19. The van der Waals surface area contributed by atoms with Gasteiger partial charge in [0.05, 0.1) is 5.92 Å². The van der Waals surface area contributed by atoms with Gasteiger partial charge in [0, 0.05) is 5.75 Å². The van der Waals surface area contributed by atoms with E-state index < -0.39 is 5.97 Å². The molecule has 0 saturated heterocycles. The van der Waals surface area contributed by atoms with Gasteiger partial charge in [0.2, 0.25) is 0 Å². The van der Waals surface area contributed by atoms with Gasteiger partial charge in [0.1, 0.15) is 0 Å². The zero-order valence-corrected chi connectivity index (χ0v) is 5.02. The maximum Gasteiger partial charge on any atom is 0.311 e. The molecule has 44 valence electrons. The van der Waals surface area contributed by atoms with E-state index in [1.807, 2.05) is 5.41 Å². The Morgan fingerprint density at radius 2 is 2.62 bits per heavy atom. The molecule has 3 heteroatoms. The zero-order chi connectivity index (χ0) is 5.98. The van der Waals surface area contributed by atoms with Crippen LogP contribution in [-0.2, 0) is 4.79 Å². The molecule has 1 heterocycles. The number of carbonyl (C=O) groups is 1. The summed E-state index contributed by atoms with van der Waals surface area (Å²) in [7, 11) is 0. The Morgan fingerprint density at radius 3 is 2.88 bits per heavy atom. The van der Waals surface area contributed by atoms with Crippen LogP contribution in [0.3, 0.4) is 0 Å². The van der Waals surface area contributed by atoms with E-state index in [4.69, 9.17) is 5.11 Å². The van der Waals surface area contributed by atoms with E-state index in [0.717, 1.165) is 0 Å². The van der Waals surface area contributed by atoms with Crippen LogP contribution in [0.4, 0.5) is 0 Å². The van der Waals surface area contributed by atoms with Crippen LogP contribution in [0.1, 0.15) is 0 Å². The van der Waals surface area contributed by atoms with Crippen molar-refractivity contribution in [3.05, 3.63) is 11.5 Å². The molecule has 0 bridgehead atoms. The predicted octanol–water partition coefficient (Wildman–Crippen LogP) is 0.948. The second-order valence-corrected chi connectivity index (χ2v) is 2.55. The smallest absolute Gasteiger partial charge is 0.311 e. The Bertz CT molecular complexity index is 130. The van der Waals surface area contributed by atoms with Gasteiger partial charge in [-0.1, -0.05) is 6.08 Å². The summed E-state index contributed by atoms with van der Waals surface area (Å²) in [5.74, 6) is -0.249.